The third-order valence-corrected chi connectivity index (χ3v) is 4.64. The van der Waals surface area contributed by atoms with E-state index in [1.165, 1.54) is 46.0 Å². The standard InChI is InChI=1S/C24H29NO6/c1-15(2)17-7-10-19(11-8-17)25-24(27)16(3)31-23(26)12-9-18-13-21(29-5)22(30-6)14-20(18)28-4/h7-16H,1-6H3,(H,25,27)/b12-9-/t16-/m1/s1. The van der Waals surface area contributed by atoms with Gasteiger partial charge in [-0.25, -0.2) is 4.79 Å². The Morgan fingerprint density at radius 1 is 0.871 bits per heavy atom. The summed E-state index contributed by atoms with van der Waals surface area (Å²) in [5.41, 5.74) is 2.41. The minimum Gasteiger partial charge on any atom is -0.496 e. The molecule has 2 aromatic rings. The molecule has 0 fully saturated rings. The van der Waals surface area contributed by atoms with E-state index in [0.29, 0.717) is 34.4 Å². The van der Waals surface area contributed by atoms with Crippen molar-refractivity contribution in [2.24, 2.45) is 0 Å². The van der Waals surface area contributed by atoms with Crippen molar-refractivity contribution in [1.29, 1.82) is 0 Å². The fraction of sp³-hybridized carbons (Fsp3) is 0.333. The highest BCUT2D eigenvalue weighted by Crippen LogP contribution is 2.35. The summed E-state index contributed by atoms with van der Waals surface area (Å²) in [6.07, 6.45) is 1.79. The van der Waals surface area contributed by atoms with Gasteiger partial charge in [0.2, 0.25) is 0 Å². The Morgan fingerprint density at radius 3 is 2.00 bits per heavy atom. The number of amides is 1. The fourth-order valence-corrected chi connectivity index (χ4v) is 2.80. The van der Waals surface area contributed by atoms with Gasteiger partial charge in [-0.1, -0.05) is 26.0 Å². The van der Waals surface area contributed by atoms with Gasteiger partial charge in [0.05, 0.1) is 21.3 Å². The van der Waals surface area contributed by atoms with Gasteiger partial charge in [-0.2, -0.15) is 0 Å². The summed E-state index contributed by atoms with van der Waals surface area (Å²) in [5, 5.41) is 2.74. The summed E-state index contributed by atoms with van der Waals surface area (Å²) < 4.78 is 21.0. The Labute approximate surface area is 183 Å². The number of ether oxygens (including phenoxy) is 4. The van der Waals surface area contributed by atoms with Crippen LogP contribution in [0.4, 0.5) is 5.69 Å². The van der Waals surface area contributed by atoms with Crippen LogP contribution in [0.5, 0.6) is 17.2 Å². The molecule has 0 spiro atoms. The predicted molar refractivity (Wildman–Crippen MR) is 120 cm³/mol. The first-order chi connectivity index (χ1) is 14.8. The lowest BCUT2D eigenvalue weighted by Gasteiger charge is -2.14. The lowest BCUT2D eigenvalue weighted by Crippen LogP contribution is -2.29. The summed E-state index contributed by atoms with van der Waals surface area (Å²) in [6, 6.07) is 10.9. The molecule has 7 heteroatoms. The van der Waals surface area contributed by atoms with E-state index < -0.39 is 18.0 Å². The molecule has 0 aromatic heterocycles. The van der Waals surface area contributed by atoms with Crippen molar-refractivity contribution < 1.29 is 28.5 Å². The quantitative estimate of drug-likeness (QED) is 0.471. The minimum absolute atomic E-state index is 0.403. The zero-order chi connectivity index (χ0) is 23.0. The maximum absolute atomic E-state index is 12.3. The molecule has 0 aliphatic carbocycles. The van der Waals surface area contributed by atoms with Gasteiger partial charge in [0.1, 0.15) is 5.75 Å². The normalized spacial score (nSPS) is 11.8. The van der Waals surface area contributed by atoms with E-state index in [1.807, 2.05) is 24.3 Å². The molecule has 0 radical (unpaired) electrons. The van der Waals surface area contributed by atoms with Crippen LogP contribution in [0.3, 0.4) is 0 Å². The molecule has 2 rings (SSSR count). The van der Waals surface area contributed by atoms with Crippen molar-refractivity contribution in [2.45, 2.75) is 32.8 Å². The van der Waals surface area contributed by atoms with Gasteiger partial charge in [-0.05, 0) is 42.7 Å². The third kappa shape index (κ3) is 6.50. The second kappa shape index (κ2) is 11.1. The Hall–Kier alpha value is -3.48. The van der Waals surface area contributed by atoms with Crippen molar-refractivity contribution in [3.05, 3.63) is 53.6 Å². The smallest absolute Gasteiger partial charge is 0.331 e. The van der Waals surface area contributed by atoms with Gasteiger partial charge in [-0.3, -0.25) is 4.79 Å². The van der Waals surface area contributed by atoms with Crippen molar-refractivity contribution in [2.75, 3.05) is 26.6 Å². The maximum Gasteiger partial charge on any atom is 0.331 e. The number of nitrogens with one attached hydrogen (secondary N) is 1. The van der Waals surface area contributed by atoms with Gasteiger partial charge in [0.25, 0.3) is 5.91 Å². The second-order valence-corrected chi connectivity index (χ2v) is 7.13. The number of hydrogen-bond donors (Lipinski definition) is 1. The molecular weight excluding hydrogens is 398 g/mol. The summed E-state index contributed by atoms with van der Waals surface area (Å²) in [5.74, 6) is 0.828. The van der Waals surface area contributed by atoms with Crippen LogP contribution in [0.1, 0.15) is 37.8 Å². The number of carbonyl (C=O) groups excluding carboxylic acids is 2. The maximum atomic E-state index is 12.3. The van der Waals surface area contributed by atoms with Crippen LogP contribution < -0.4 is 19.5 Å². The molecule has 0 saturated carbocycles. The number of rotatable bonds is 9. The molecule has 1 amide bonds. The molecule has 31 heavy (non-hydrogen) atoms. The first-order valence-electron chi connectivity index (χ1n) is 9.88. The molecule has 0 heterocycles. The predicted octanol–water partition coefficient (Wildman–Crippen LogP) is 4.42. The number of methoxy groups -OCH3 is 3. The Bertz CT molecular complexity index is 934. The summed E-state index contributed by atoms with van der Waals surface area (Å²) >= 11 is 0. The Kier molecular flexibility index (Phi) is 8.49. The number of anilines is 1. The molecule has 7 nitrogen and oxygen atoms in total. The van der Waals surface area contributed by atoms with Crippen molar-refractivity contribution in [3.8, 4) is 17.2 Å². The van der Waals surface area contributed by atoms with E-state index in [0.717, 1.165) is 0 Å². The van der Waals surface area contributed by atoms with Gasteiger partial charge in [0, 0.05) is 23.4 Å². The minimum atomic E-state index is -0.964. The van der Waals surface area contributed by atoms with Crippen LogP contribution in [0.15, 0.2) is 42.5 Å². The van der Waals surface area contributed by atoms with Crippen LogP contribution in [0.25, 0.3) is 6.08 Å². The summed E-state index contributed by atoms with van der Waals surface area (Å²) in [4.78, 5) is 24.5. The van der Waals surface area contributed by atoms with E-state index in [4.69, 9.17) is 18.9 Å². The fourth-order valence-electron chi connectivity index (χ4n) is 2.80. The van der Waals surface area contributed by atoms with E-state index in [9.17, 15) is 9.59 Å². The molecule has 1 N–H and O–H groups in total. The zero-order valence-electron chi connectivity index (χ0n) is 18.7. The topological polar surface area (TPSA) is 83.1 Å². The first kappa shape index (κ1) is 23.8. The summed E-state index contributed by atoms with van der Waals surface area (Å²) in [7, 11) is 4.55. The molecule has 166 valence electrons. The monoisotopic (exact) mass is 427 g/mol. The van der Waals surface area contributed by atoms with Crippen molar-refractivity contribution in [3.63, 3.8) is 0 Å². The largest absolute Gasteiger partial charge is 0.496 e. The number of esters is 1. The van der Waals surface area contributed by atoms with Crippen LogP contribution in [-0.2, 0) is 14.3 Å². The lowest BCUT2D eigenvalue weighted by molar-refractivity contribution is -0.148. The van der Waals surface area contributed by atoms with Gasteiger partial charge < -0.3 is 24.3 Å². The van der Waals surface area contributed by atoms with E-state index in [2.05, 4.69) is 19.2 Å². The Morgan fingerprint density at radius 2 is 1.45 bits per heavy atom. The zero-order valence-corrected chi connectivity index (χ0v) is 18.7. The molecule has 1 atom stereocenters. The van der Waals surface area contributed by atoms with E-state index in [-0.39, 0.29) is 0 Å². The van der Waals surface area contributed by atoms with Crippen molar-refractivity contribution in [1.82, 2.24) is 0 Å². The van der Waals surface area contributed by atoms with E-state index in [1.54, 1.807) is 12.1 Å². The highest BCUT2D eigenvalue weighted by Gasteiger charge is 2.17. The molecule has 0 bridgehead atoms. The number of hydrogen-bond acceptors (Lipinski definition) is 6. The third-order valence-electron chi connectivity index (χ3n) is 4.64. The number of benzene rings is 2. The first-order valence-corrected chi connectivity index (χ1v) is 9.88. The molecule has 0 saturated heterocycles. The van der Waals surface area contributed by atoms with Gasteiger partial charge in [0.15, 0.2) is 17.6 Å². The molecular formula is C24H29NO6. The van der Waals surface area contributed by atoms with Crippen LogP contribution in [0.2, 0.25) is 0 Å². The van der Waals surface area contributed by atoms with Crippen LogP contribution in [-0.4, -0.2) is 39.3 Å². The van der Waals surface area contributed by atoms with E-state index >= 15 is 0 Å². The molecule has 0 aliphatic heterocycles. The lowest BCUT2D eigenvalue weighted by atomic mass is 10.0. The second-order valence-electron chi connectivity index (χ2n) is 7.13. The highest BCUT2D eigenvalue weighted by molar-refractivity contribution is 5.96. The average Bonchev–Trinajstić information content (AvgIpc) is 2.77. The molecule has 0 aliphatic rings. The molecule has 0 unspecified atom stereocenters. The average molecular weight is 427 g/mol. The van der Waals surface area contributed by atoms with Gasteiger partial charge >= 0.3 is 5.97 Å². The van der Waals surface area contributed by atoms with Crippen LogP contribution in [0, 0.1) is 0 Å². The van der Waals surface area contributed by atoms with Crippen LogP contribution >= 0.6 is 0 Å². The highest BCUT2D eigenvalue weighted by atomic mass is 16.5. The van der Waals surface area contributed by atoms with Gasteiger partial charge in [-0.15, -0.1) is 0 Å². The SMILES string of the molecule is COc1cc(OC)c(OC)cc1/C=C\C(=O)O[C@H](C)C(=O)Nc1ccc(C(C)C)cc1. The number of carbonyl (C=O) groups is 2. The Balaban J connectivity index is 2.01. The molecule has 2 aromatic carbocycles. The van der Waals surface area contributed by atoms with Crippen molar-refractivity contribution >= 4 is 23.6 Å². The summed E-state index contributed by atoms with van der Waals surface area (Å²) in [6.45, 7) is 5.71.